The van der Waals surface area contributed by atoms with Crippen LogP contribution in [-0.4, -0.2) is 14.7 Å². The first kappa shape index (κ1) is 14.3. The molecule has 1 fully saturated rings. The third kappa shape index (κ3) is 3.00. The van der Waals surface area contributed by atoms with Crippen LogP contribution in [0.25, 0.3) is 0 Å². The third-order valence-corrected chi connectivity index (χ3v) is 4.62. The lowest BCUT2D eigenvalue weighted by Crippen LogP contribution is -2.24. The first-order valence-corrected chi connectivity index (χ1v) is 7.59. The molecule has 0 amide bonds. The molecule has 2 atom stereocenters. The third-order valence-electron chi connectivity index (χ3n) is 4.62. The maximum atomic E-state index is 13.0. The Bertz CT molecular complexity index is 589. The second-order valence-electron chi connectivity index (χ2n) is 6.06. The van der Waals surface area contributed by atoms with Gasteiger partial charge in [-0.3, -0.25) is 0 Å². The molecule has 1 heterocycles. The normalized spacial score (nSPS) is 18.2. The highest BCUT2D eigenvalue weighted by Gasteiger charge is 2.25. The first-order chi connectivity index (χ1) is 10.1. The molecule has 3 nitrogen and oxygen atoms in total. The monoisotopic (exact) mass is 288 g/mol. The zero-order valence-electron chi connectivity index (χ0n) is 12.2. The Hall–Kier alpha value is -1.68. The second kappa shape index (κ2) is 5.98. The number of aromatic nitrogens is 2. The standard InChI is InChI=1S/C17H21FN2O/c1-12(13-3-2-4-13)11-20-10-9-19-17(20)16(21)14-5-7-15(18)8-6-14/h5-10,12-13,16,21H,2-4,11H2,1H3. The largest absolute Gasteiger partial charge is 0.380 e. The zero-order valence-corrected chi connectivity index (χ0v) is 12.2. The number of hydrogen-bond acceptors (Lipinski definition) is 2. The fourth-order valence-electron chi connectivity index (χ4n) is 2.99. The molecule has 4 heteroatoms. The Morgan fingerprint density at radius 2 is 2.05 bits per heavy atom. The van der Waals surface area contributed by atoms with Crippen molar-refractivity contribution < 1.29 is 9.50 Å². The van der Waals surface area contributed by atoms with Crippen LogP contribution in [0.2, 0.25) is 0 Å². The van der Waals surface area contributed by atoms with Crippen molar-refractivity contribution in [3.8, 4) is 0 Å². The molecule has 1 aromatic heterocycles. The fourth-order valence-corrected chi connectivity index (χ4v) is 2.99. The van der Waals surface area contributed by atoms with Crippen molar-refractivity contribution in [3.05, 3.63) is 53.9 Å². The van der Waals surface area contributed by atoms with Crippen LogP contribution < -0.4 is 0 Å². The zero-order chi connectivity index (χ0) is 14.8. The summed E-state index contributed by atoms with van der Waals surface area (Å²) in [5.41, 5.74) is 0.667. The van der Waals surface area contributed by atoms with Crippen molar-refractivity contribution in [2.45, 2.75) is 38.8 Å². The van der Waals surface area contributed by atoms with E-state index in [1.807, 2.05) is 10.8 Å². The molecule has 1 aliphatic rings. The number of nitrogens with zero attached hydrogens (tertiary/aromatic N) is 2. The quantitative estimate of drug-likeness (QED) is 0.914. The number of hydrogen-bond donors (Lipinski definition) is 1. The molecule has 21 heavy (non-hydrogen) atoms. The first-order valence-electron chi connectivity index (χ1n) is 7.59. The number of halogens is 1. The Balaban J connectivity index is 1.76. The molecule has 1 N–H and O–H groups in total. The summed E-state index contributed by atoms with van der Waals surface area (Å²) >= 11 is 0. The maximum Gasteiger partial charge on any atom is 0.142 e. The average Bonchev–Trinajstić information content (AvgIpc) is 2.84. The molecule has 0 aliphatic heterocycles. The molecule has 2 unspecified atom stereocenters. The van der Waals surface area contributed by atoms with E-state index < -0.39 is 6.10 Å². The minimum atomic E-state index is -0.811. The van der Waals surface area contributed by atoms with E-state index in [2.05, 4.69) is 11.9 Å². The summed E-state index contributed by atoms with van der Waals surface area (Å²) in [5.74, 6) is 1.72. The Labute approximate surface area is 124 Å². The summed E-state index contributed by atoms with van der Waals surface area (Å²) in [4.78, 5) is 4.29. The molecule has 2 aromatic rings. The van der Waals surface area contributed by atoms with Crippen LogP contribution in [-0.2, 0) is 6.54 Å². The van der Waals surface area contributed by atoms with Gasteiger partial charge < -0.3 is 9.67 Å². The molecule has 3 rings (SSSR count). The van der Waals surface area contributed by atoms with Gasteiger partial charge in [-0.25, -0.2) is 9.37 Å². The summed E-state index contributed by atoms with van der Waals surface area (Å²) in [6.45, 7) is 3.14. The second-order valence-corrected chi connectivity index (χ2v) is 6.06. The van der Waals surface area contributed by atoms with E-state index in [-0.39, 0.29) is 5.82 Å². The minimum absolute atomic E-state index is 0.298. The number of aliphatic hydroxyl groups is 1. The summed E-state index contributed by atoms with van der Waals surface area (Å²) in [6, 6.07) is 5.94. The van der Waals surface area contributed by atoms with E-state index in [0.29, 0.717) is 17.3 Å². The van der Waals surface area contributed by atoms with Crippen LogP contribution in [0.3, 0.4) is 0 Å². The number of aliphatic hydroxyl groups excluding tert-OH is 1. The van der Waals surface area contributed by atoms with Gasteiger partial charge in [0.15, 0.2) is 0 Å². The van der Waals surface area contributed by atoms with Gasteiger partial charge in [0.1, 0.15) is 17.7 Å². The van der Waals surface area contributed by atoms with Gasteiger partial charge in [-0.15, -0.1) is 0 Å². The highest BCUT2D eigenvalue weighted by Crippen LogP contribution is 2.34. The minimum Gasteiger partial charge on any atom is -0.380 e. The summed E-state index contributed by atoms with van der Waals surface area (Å²) < 4.78 is 15.0. The number of rotatable bonds is 5. The predicted octanol–water partition coefficient (Wildman–Crippen LogP) is 3.54. The molecule has 1 aromatic carbocycles. The molecule has 112 valence electrons. The van der Waals surface area contributed by atoms with Gasteiger partial charge in [0, 0.05) is 18.9 Å². The molecule has 1 aliphatic carbocycles. The fraction of sp³-hybridized carbons (Fsp3) is 0.471. The molecule has 0 spiro atoms. The van der Waals surface area contributed by atoms with Gasteiger partial charge in [-0.2, -0.15) is 0 Å². The molecule has 0 radical (unpaired) electrons. The van der Waals surface area contributed by atoms with E-state index >= 15 is 0 Å². The molecule has 1 saturated carbocycles. The van der Waals surface area contributed by atoms with Crippen molar-refractivity contribution in [2.75, 3.05) is 0 Å². The Morgan fingerprint density at radius 3 is 2.67 bits per heavy atom. The van der Waals surface area contributed by atoms with E-state index in [1.54, 1.807) is 18.3 Å². The predicted molar refractivity (Wildman–Crippen MR) is 79.2 cm³/mol. The average molecular weight is 288 g/mol. The lowest BCUT2D eigenvalue weighted by Gasteiger charge is -2.32. The van der Waals surface area contributed by atoms with Crippen LogP contribution >= 0.6 is 0 Å². The SMILES string of the molecule is CC(Cn1ccnc1C(O)c1ccc(F)cc1)C1CCC1. The van der Waals surface area contributed by atoms with Crippen LogP contribution in [0, 0.1) is 17.7 Å². The van der Waals surface area contributed by atoms with Crippen LogP contribution in [0.5, 0.6) is 0 Å². The molecule has 0 saturated heterocycles. The molecular weight excluding hydrogens is 267 g/mol. The van der Waals surface area contributed by atoms with Gasteiger partial charge >= 0.3 is 0 Å². The van der Waals surface area contributed by atoms with Crippen LogP contribution in [0.1, 0.15) is 43.7 Å². The van der Waals surface area contributed by atoms with E-state index in [9.17, 15) is 9.50 Å². The highest BCUT2D eigenvalue weighted by molar-refractivity contribution is 5.23. The van der Waals surface area contributed by atoms with Gasteiger partial charge in [0.05, 0.1) is 0 Å². The van der Waals surface area contributed by atoms with E-state index in [0.717, 1.165) is 12.5 Å². The van der Waals surface area contributed by atoms with Gasteiger partial charge in [-0.1, -0.05) is 38.3 Å². The van der Waals surface area contributed by atoms with Crippen molar-refractivity contribution >= 4 is 0 Å². The van der Waals surface area contributed by atoms with Crippen LogP contribution in [0.4, 0.5) is 4.39 Å². The van der Waals surface area contributed by atoms with Crippen molar-refractivity contribution in [2.24, 2.45) is 11.8 Å². The summed E-state index contributed by atoms with van der Waals surface area (Å²) in [7, 11) is 0. The summed E-state index contributed by atoms with van der Waals surface area (Å²) in [6.07, 6.45) is 6.78. The van der Waals surface area contributed by atoms with Crippen molar-refractivity contribution in [1.82, 2.24) is 9.55 Å². The Morgan fingerprint density at radius 1 is 1.33 bits per heavy atom. The Kier molecular flexibility index (Phi) is 4.06. The topological polar surface area (TPSA) is 38.0 Å². The summed E-state index contributed by atoms with van der Waals surface area (Å²) in [5, 5.41) is 10.5. The number of benzene rings is 1. The van der Waals surface area contributed by atoms with Gasteiger partial charge in [-0.05, 0) is 29.5 Å². The number of imidazole rings is 1. The molecule has 0 bridgehead atoms. The van der Waals surface area contributed by atoms with Crippen LogP contribution in [0.15, 0.2) is 36.7 Å². The van der Waals surface area contributed by atoms with Crippen molar-refractivity contribution in [3.63, 3.8) is 0 Å². The smallest absolute Gasteiger partial charge is 0.142 e. The van der Waals surface area contributed by atoms with Crippen molar-refractivity contribution in [1.29, 1.82) is 0 Å². The molecular formula is C17H21FN2O. The van der Waals surface area contributed by atoms with E-state index in [1.165, 1.54) is 31.4 Å². The lowest BCUT2D eigenvalue weighted by molar-refractivity contribution is 0.180. The highest BCUT2D eigenvalue weighted by atomic mass is 19.1. The lowest BCUT2D eigenvalue weighted by atomic mass is 9.76. The van der Waals surface area contributed by atoms with Gasteiger partial charge in [0.25, 0.3) is 0 Å². The van der Waals surface area contributed by atoms with Gasteiger partial charge in [0.2, 0.25) is 0 Å². The maximum absolute atomic E-state index is 13.0. The van der Waals surface area contributed by atoms with E-state index in [4.69, 9.17) is 0 Å².